The standard InChI is InChI=1S/C19H17N3O2/c1-22(13-15-8-6-14(11-20)7-9-15)18(19(23)24-2)17-5-3-4-16(10-17)12-21/h3-10,18H,13H2,1-2H3/t18-/m0/s1. The van der Waals surface area contributed by atoms with Crippen molar-refractivity contribution in [2.45, 2.75) is 12.6 Å². The Morgan fingerprint density at radius 2 is 1.79 bits per heavy atom. The minimum absolute atomic E-state index is 0.388. The van der Waals surface area contributed by atoms with Crippen molar-refractivity contribution in [1.29, 1.82) is 10.5 Å². The second kappa shape index (κ2) is 7.92. The van der Waals surface area contributed by atoms with E-state index in [1.807, 2.05) is 24.1 Å². The summed E-state index contributed by atoms with van der Waals surface area (Å²) in [5.41, 5.74) is 2.76. The van der Waals surface area contributed by atoms with Crippen LogP contribution >= 0.6 is 0 Å². The van der Waals surface area contributed by atoms with Crippen molar-refractivity contribution >= 4 is 5.97 Å². The lowest BCUT2D eigenvalue weighted by atomic mass is 10.0. The third-order valence-corrected chi connectivity index (χ3v) is 3.71. The van der Waals surface area contributed by atoms with Crippen LogP contribution in [0.5, 0.6) is 0 Å². The summed E-state index contributed by atoms with van der Waals surface area (Å²) >= 11 is 0. The zero-order chi connectivity index (χ0) is 17.5. The first kappa shape index (κ1) is 17.2. The van der Waals surface area contributed by atoms with Crippen LogP contribution in [0.1, 0.15) is 28.3 Å². The molecule has 0 heterocycles. The first-order chi connectivity index (χ1) is 11.6. The summed E-state index contributed by atoms with van der Waals surface area (Å²) in [6, 6.07) is 17.7. The van der Waals surface area contributed by atoms with Gasteiger partial charge in [-0.1, -0.05) is 24.3 Å². The molecule has 0 aliphatic carbocycles. The number of rotatable bonds is 5. The Morgan fingerprint density at radius 1 is 1.12 bits per heavy atom. The van der Waals surface area contributed by atoms with Crippen LogP contribution in [0.4, 0.5) is 0 Å². The predicted molar refractivity (Wildman–Crippen MR) is 88.5 cm³/mol. The van der Waals surface area contributed by atoms with E-state index in [-0.39, 0.29) is 5.97 Å². The first-order valence-corrected chi connectivity index (χ1v) is 7.36. The van der Waals surface area contributed by atoms with Crippen molar-refractivity contribution in [3.8, 4) is 12.1 Å². The van der Waals surface area contributed by atoms with Crippen LogP contribution in [0.15, 0.2) is 48.5 Å². The summed E-state index contributed by atoms with van der Waals surface area (Å²) in [5, 5.41) is 17.9. The van der Waals surface area contributed by atoms with Gasteiger partial charge in [0.15, 0.2) is 0 Å². The lowest BCUT2D eigenvalue weighted by Crippen LogP contribution is -2.31. The molecule has 24 heavy (non-hydrogen) atoms. The van der Waals surface area contributed by atoms with Crippen LogP contribution in [0.2, 0.25) is 0 Å². The SMILES string of the molecule is COC(=O)[C@H](c1cccc(C#N)c1)N(C)Cc1ccc(C#N)cc1. The molecular weight excluding hydrogens is 302 g/mol. The fourth-order valence-electron chi connectivity index (χ4n) is 2.52. The Kier molecular flexibility index (Phi) is 5.68. The zero-order valence-corrected chi connectivity index (χ0v) is 13.6. The maximum Gasteiger partial charge on any atom is 0.327 e. The Morgan fingerprint density at radius 3 is 2.38 bits per heavy atom. The van der Waals surface area contributed by atoms with Crippen LogP contribution in [0.3, 0.4) is 0 Å². The maximum absolute atomic E-state index is 12.3. The molecule has 2 aromatic rings. The van der Waals surface area contributed by atoms with Gasteiger partial charge < -0.3 is 4.74 Å². The number of hydrogen-bond donors (Lipinski definition) is 0. The highest BCUT2D eigenvalue weighted by Gasteiger charge is 2.26. The van der Waals surface area contributed by atoms with Gasteiger partial charge in [-0.15, -0.1) is 0 Å². The number of nitrogens with zero attached hydrogens (tertiary/aromatic N) is 3. The van der Waals surface area contributed by atoms with Crippen molar-refractivity contribution < 1.29 is 9.53 Å². The summed E-state index contributed by atoms with van der Waals surface area (Å²) in [6.45, 7) is 0.502. The molecule has 2 rings (SSSR count). The Balaban J connectivity index is 2.28. The average molecular weight is 319 g/mol. The molecule has 0 saturated carbocycles. The molecular formula is C19H17N3O2. The summed E-state index contributed by atoms with van der Waals surface area (Å²) in [4.78, 5) is 14.1. The van der Waals surface area contributed by atoms with Crippen LogP contribution in [0, 0.1) is 22.7 Å². The first-order valence-electron chi connectivity index (χ1n) is 7.36. The molecule has 5 nitrogen and oxygen atoms in total. The zero-order valence-electron chi connectivity index (χ0n) is 13.6. The minimum Gasteiger partial charge on any atom is -0.468 e. The van der Waals surface area contributed by atoms with Crippen molar-refractivity contribution in [2.75, 3.05) is 14.2 Å². The summed E-state index contributed by atoms with van der Waals surface area (Å²) in [7, 11) is 3.16. The molecule has 5 heteroatoms. The van der Waals surface area contributed by atoms with E-state index in [1.165, 1.54) is 7.11 Å². The van der Waals surface area contributed by atoms with E-state index in [9.17, 15) is 4.79 Å². The smallest absolute Gasteiger partial charge is 0.327 e. The molecule has 0 aromatic heterocycles. The molecule has 0 N–H and O–H groups in total. The lowest BCUT2D eigenvalue weighted by Gasteiger charge is -2.26. The van der Waals surface area contributed by atoms with E-state index >= 15 is 0 Å². The highest BCUT2D eigenvalue weighted by atomic mass is 16.5. The molecule has 120 valence electrons. The largest absolute Gasteiger partial charge is 0.468 e. The van der Waals surface area contributed by atoms with Gasteiger partial charge in [0.2, 0.25) is 0 Å². The highest BCUT2D eigenvalue weighted by Crippen LogP contribution is 2.24. The van der Waals surface area contributed by atoms with E-state index in [4.69, 9.17) is 15.3 Å². The summed E-state index contributed by atoms with van der Waals surface area (Å²) in [5.74, 6) is -0.388. The van der Waals surface area contributed by atoms with E-state index in [2.05, 4.69) is 12.1 Å². The second-order valence-corrected chi connectivity index (χ2v) is 5.39. The van der Waals surface area contributed by atoms with Crippen molar-refractivity contribution in [3.63, 3.8) is 0 Å². The number of nitriles is 2. The molecule has 0 bridgehead atoms. The maximum atomic E-state index is 12.3. The fraction of sp³-hybridized carbons (Fsp3) is 0.211. The van der Waals surface area contributed by atoms with Gasteiger partial charge in [0.1, 0.15) is 6.04 Å². The van der Waals surface area contributed by atoms with E-state index in [1.54, 1.807) is 36.4 Å². The third kappa shape index (κ3) is 3.98. The molecule has 0 aliphatic heterocycles. The lowest BCUT2D eigenvalue weighted by molar-refractivity contribution is -0.147. The number of benzene rings is 2. The molecule has 0 radical (unpaired) electrons. The van der Waals surface area contributed by atoms with Crippen molar-refractivity contribution in [2.24, 2.45) is 0 Å². The van der Waals surface area contributed by atoms with Crippen molar-refractivity contribution in [3.05, 3.63) is 70.8 Å². The molecule has 2 aromatic carbocycles. The predicted octanol–water partition coefficient (Wildman–Crippen LogP) is 2.78. The highest BCUT2D eigenvalue weighted by molar-refractivity contribution is 5.77. The van der Waals surface area contributed by atoms with Gasteiger partial charge in [-0.25, -0.2) is 4.79 Å². The van der Waals surface area contributed by atoms with Gasteiger partial charge in [0.25, 0.3) is 0 Å². The molecule has 0 saturated heterocycles. The van der Waals surface area contributed by atoms with Gasteiger partial charge in [-0.3, -0.25) is 4.90 Å². The minimum atomic E-state index is -0.612. The number of methoxy groups -OCH3 is 1. The second-order valence-electron chi connectivity index (χ2n) is 5.39. The Bertz CT molecular complexity index is 801. The van der Waals surface area contributed by atoms with Gasteiger partial charge in [0, 0.05) is 6.54 Å². The topological polar surface area (TPSA) is 77.1 Å². The Labute approximate surface area is 141 Å². The van der Waals surface area contributed by atoms with Gasteiger partial charge in [-0.2, -0.15) is 10.5 Å². The molecule has 1 atom stereocenters. The van der Waals surface area contributed by atoms with Crippen LogP contribution in [-0.4, -0.2) is 25.0 Å². The number of likely N-dealkylation sites (N-methyl/N-ethyl adjacent to an activating group) is 1. The fourth-order valence-corrected chi connectivity index (χ4v) is 2.52. The van der Waals surface area contributed by atoms with Crippen LogP contribution in [-0.2, 0) is 16.1 Å². The van der Waals surface area contributed by atoms with E-state index in [0.29, 0.717) is 23.2 Å². The molecule has 0 spiro atoms. The van der Waals surface area contributed by atoms with Crippen LogP contribution in [0.25, 0.3) is 0 Å². The quantitative estimate of drug-likeness (QED) is 0.792. The average Bonchev–Trinajstić information content (AvgIpc) is 2.62. The Hall–Kier alpha value is -3.15. The van der Waals surface area contributed by atoms with Gasteiger partial charge in [0.05, 0.1) is 30.4 Å². The van der Waals surface area contributed by atoms with E-state index in [0.717, 1.165) is 5.56 Å². The van der Waals surface area contributed by atoms with Crippen LogP contribution < -0.4 is 0 Å². The summed E-state index contributed by atoms with van der Waals surface area (Å²) < 4.78 is 4.93. The number of esters is 1. The van der Waals surface area contributed by atoms with Gasteiger partial charge >= 0.3 is 5.97 Å². The number of hydrogen-bond acceptors (Lipinski definition) is 5. The number of carbonyl (C=O) groups excluding carboxylic acids is 1. The van der Waals surface area contributed by atoms with E-state index < -0.39 is 6.04 Å². The molecule has 0 amide bonds. The van der Waals surface area contributed by atoms with Gasteiger partial charge in [-0.05, 0) is 42.4 Å². The summed E-state index contributed by atoms with van der Waals surface area (Å²) in [6.07, 6.45) is 0. The third-order valence-electron chi connectivity index (χ3n) is 3.71. The molecule has 0 aliphatic rings. The van der Waals surface area contributed by atoms with Crippen molar-refractivity contribution in [1.82, 2.24) is 4.90 Å². The normalized spacial score (nSPS) is 11.4. The number of carbonyl (C=O) groups is 1. The monoisotopic (exact) mass is 319 g/mol. The molecule has 0 fully saturated rings. The molecule has 0 unspecified atom stereocenters. The number of ether oxygens (including phenoxy) is 1.